The fraction of sp³-hybridized carbons (Fsp3) is 0.0909. The molecule has 0 bridgehead atoms. The Morgan fingerprint density at radius 2 is 1.31 bits per heavy atom. The molecule has 0 aromatic heterocycles. The fourth-order valence-corrected chi connectivity index (χ4v) is 3.13. The summed E-state index contributed by atoms with van der Waals surface area (Å²) in [6.45, 7) is 2.24. The van der Waals surface area contributed by atoms with Crippen molar-refractivity contribution in [2.45, 2.75) is 6.92 Å². The maximum absolute atomic E-state index is 12.8. The Labute approximate surface area is 185 Å². The number of hydrogen-bond acceptors (Lipinski definition) is 3. The van der Waals surface area contributed by atoms with Crippen LogP contribution in [0.1, 0.15) is 27.6 Å². The summed E-state index contributed by atoms with van der Waals surface area (Å²) in [4.78, 5) is 25.5. The van der Waals surface area contributed by atoms with Gasteiger partial charge in [0, 0.05) is 25.9 Å². The van der Waals surface area contributed by atoms with Crippen LogP contribution >= 0.6 is 31.9 Å². The summed E-state index contributed by atoms with van der Waals surface area (Å²) < 4.78 is 7.41. The Balaban J connectivity index is 1.84. The van der Waals surface area contributed by atoms with Crippen LogP contribution in [0.3, 0.4) is 0 Å². The van der Waals surface area contributed by atoms with E-state index in [0.717, 1.165) is 8.95 Å². The molecular formula is C22H18Br2N2O3. The average molecular weight is 518 g/mol. The molecule has 0 spiro atoms. The molecule has 7 heteroatoms. The third kappa shape index (κ3) is 5.68. The molecule has 3 aromatic rings. The van der Waals surface area contributed by atoms with Crippen LogP contribution in [-0.4, -0.2) is 18.4 Å². The molecule has 0 aliphatic rings. The van der Waals surface area contributed by atoms with Gasteiger partial charge in [0.05, 0.1) is 12.2 Å². The van der Waals surface area contributed by atoms with Gasteiger partial charge in [-0.15, -0.1) is 0 Å². The SMILES string of the molecule is CCOc1ccc(C(=O)Nc2ccc(Br)cc2)cc1C(=O)Nc1ccc(Br)cc1. The van der Waals surface area contributed by atoms with E-state index in [1.165, 1.54) is 6.07 Å². The van der Waals surface area contributed by atoms with Crippen molar-refractivity contribution >= 4 is 55.0 Å². The first-order valence-electron chi connectivity index (χ1n) is 8.87. The molecule has 0 unspecified atom stereocenters. The highest BCUT2D eigenvalue weighted by Gasteiger charge is 2.17. The lowest BCUT2D eigenvalue weighted by Crippen LogP contribution is -2.17. The number of halogens is 2. The lowest BCUT2D eigenvalue weighted by atomic mass is 10.1. The van der Waals surface area contributed by atoms with E-state index in [-0.39, 0.29) is 11.8 Å². The molecule has 5 nitrogen and oxygen atoms in total. The molecule has 2 amide bonds. The first kappa shape index (κ1) is 21.1. The lowest BCUT2D eigenvalue weighted by Gasteiger charge is -2.13. The van der Waals surface area contributed by atoms with Crippen molar-refractivity contribution in [3.63, 3.8) is 0 Å². The van der Waals surface area contributed by atoms with Gasteiger partial charge in [-0.3, -0.25) is 9.59 Å². The highest BCUT2D eigenvalue weighted by molar-refractivity contribution is 9.10. The minimum absolute atomic E-state index is 0.290. The Morgan fingerprint density at radius 3 is 1.83 bits per heavy atom. The van der Waals surface area contributed by atoms with Gasteiger partial charge >= 0.3 is 0 Å². The molecular weight excluding hydrogens is 500 g/mol. The van der Waals surface area contributed by atoms with E-state index in [0.29, 0.717) is 34.9 Å². The summed E-state index contributed by atoms with van der Waals surface area (Å²) >= 11 is 6.73. The van der Waals surface area contributed by atoms with Crippen molar-refractivity contribution in [1.29, 1.82) is 0 Å². The second kappa shape index (κ2) is 9.71. The van der Waals surface area contributed by atoms with Gasteiger partial charge in [-0.05, 0) is 73.7 Å². The van der Waals surface area contributed by atoms with Crippen molar-refractivity contribution in [1.82, 2.24) is 0 Å². The van der Waals surface area contributed by atoms with Gasteiger partial charge in [-0.25, -0.2) is 0 Å². The molecule has 3 aromatic carbocycles. The van der Waals surface area contributed by atoms with Crippen LogP contribution in [0.15, 0.2) is 75.7 Å². The van der Waals surface area contributed by atoms with Crippen LogP contribution in [-0.2, 0) is 0 Å². The first-order valence-corrected chi connectivity index (χ1v) is 10.5. The number of anilines is 2. The average Bonchev–Trinajstić information content (AvgIpc) is 2.72. The maximum Gasteiger partial charge on any atom is 0.259 e. The first-order chi connectivity index (χ1) is 14.0. The number of amides is 2. The van der Waals surface area contributed by atoms with Crippen LogP contribution in [0.25, 0.3) is 0 Å². The number of carbonyl (C=O) groups excluding carboxylic acids is 2. The van der Waals surface area contributed by atoms with E-state index in [1.54, 1.807) is 36.4 Å². The minimum atomic E-state index is -0.353. The molecule has 29 heavy (non-hydrogen) atoms. The van der Waals surface area contributed by atoms with Crippen LogP contribution in [0.4, 0.5) is 11.4 Å². The van der Waals surface area contributed by atoms with Crippen LogP contribution in [0.2, 0.25) is 0 Å². The van der Waals surface area contributed by atoms with Gasteiger partial charge < -0.3 is 15.4 Å². The van der Waals surface area contributed by atoms with Gasteiger partial charge in [0.1, 0.15) is 5.75 Å². The summed E-state index contributed by atoms with van der Waals surface area (Å²) in [5.74, 6) is -0.246. The summed E-state index contributed by atoms with van der Waals surface area (Å²) in [6, 6.07) is 19.3. The third-order valence-electron chi connectivity index (χ3n) is 3.99. The number of benzene rings is 3. The Hall–Kier alpha value is -2.64. The quantitative estimate of drug-likeness (QED) is 0.414. The van der Waals surface area contributed by atoms with Gasteiger partial charge in [0.2, 0.25) is 0 Å². The predicted octanol–water partition coefficient (Wildman–Crippen LogP) is 6.11. The molecule has 0 saturated heterocycles. The Morgan fingerprint density at radius 1 is 0.793 bits per heavy atom. The Kier molecular flexibility index (Phi) is 7.06. The van der Waals surface area contributed by atoms with Crippen LogP contribution in [0, 0.1) is 0 Å². The summed E-state index contributed by atoms with van der Waals surface area (Å²) in [5.41, 5.74) is 1.95. The highest BCUT2D eigenvalue weighted by atomic mass is 79.9. The van der Waals surface area contributed by atoms with Crippen molar-refractivity contribution in [2.24, 2.45) is 0 Å². The van der Waals surface area contributed by atoms with Crippen molar-refractivity contribution in [3.05, 3.63) is 86.8 Å². The predicted molar refractivity (Wildman–Crippen MR) is 122 cm³/mol. The number of nitrogens with one attached hydrogen (secondary N) is 2. The second-order valence-electron chi connectivity index (χ2n) is 6.07. The minimum Gasteiger partial charge on any atom is -0.493 e. The van der Waals surface area contributed by atoms with Gasteiger partial charge in [0.25, 0.3) is 11.8 Å². The van der Waals surface area contributed by atoms with E-state index in [1.807, 2.05) is 31.2 Å². The number of rotatable bonds is 6. The molecule has 0 aliphatic heterocycles. The summed E-state index contributed by atoms with van der Waals surface area (Å²) in [5, 5.41) is 5.65. The van der Waals surface area contributed by atoms with Crippen molar-refractivity contribution in [3.8, 4) is 5.75 Å². The number of ether oxygens (including phenoxy) is 1. The molecule has 0 fully saturated rings. The molecule has 2 N–H and O–H groups in total. The standard InChI is InChI=1S/C22H18Br2N2O3/c1-2-29-20-12-3-14(21(27)25-17-8-4-15(23)5-9-17)13-19(20)22(28)26-18-10-6-16(24)7-11-18/h3-13H,2H2,1H3,(H,25,27)(H,26,28). The summed E-state index contributed by atoms with van der Waals surface area (Å²) in [6.07, 6.45) is 0. The molecule has 0 atom stereocenters. The van der Waals surface area contributed by atoms with E-state index in [4.69, 9.17) is 4.74 Å². The molecule has 148 valence electrons. The van der Waals surface area contributed by atoms with Crippen LogP contribution in [0.5, 0.6) is 5.75 Å². The fourth-order valence-electron chi connectivity index (χ4n) is 2.60. The maximum atomic E-state index is 12.8. The molecule has 0 aliphatic carbocycles. The smallest absolute Gasteiger partial charge is 0.259 e. The molecule has 0 heterocycles. The lowest BCUT2D eigenvalue weighted by molar-refractivity contribution is 0.102. The number of carbonyl (C=O) groups is 2. The molecule has 0 radical (unpaired) electrons. The van der Waals surface area contributed by atoms with E-state index in [2.05, 4.69) is 42.5 Å². The highest BCUT2D eigenvalue weighted by Crippen LogP contribution is 2.24. The normalized spacial score (nSPS) is 10.3. The van der Waals surface area contributed by atoms with Crippen molar-refractivity contribution < 1.29 is 14.3 Å². The third-order valence-corrected chi connectivity index (χ3v) is 5.05. The van der Waals surface area contributed by atoms with E-state index in [9.17, 15) is 9.59 Å². The topological polar surface area (TPSA) is 67.4 Å². The number of hydrogen-bond donors (Lipinski definition) is 2. The zero-order valence-electron chi connectivity index (χ0n) is 15.5. The van der Waals surface area contributed by atoms with Gasteiger partial charge in [-0.1, -0.05) is 31.9 Å². The van der Waals surface area contributed by atoms with Gasteiger partial charge in [-0.2, -0.15) is 0 Å². The Bertz CT molecular complexity index is 1020. The van der Waals surface area contributed by atoms with E-state index >= 15 is 0 Å². The zero-order valence-corrected chi connectivity index (χ0v) is 18.7. The van der Waals surface area contributed by atoms with Crippen LogP contribution < -0.4 is 15.4 Å². The second-order valence-corrected chi connectivity index (χ2v) is 7.90. The van der Waals surface area contributed by atoms with Crippen molar-refractivity contribution in [2.75, 3.05) is 17.2 Å². The monoisotopic (exact) mass is 516 g/mol. The van der Waals surface area contributed by atoms with E-state index < -0.39 is 0 Å². The zero-order chi connectivity index (χ0) is 20.8. The largest absolute Gasteiger partial charge is 0.493 e. The molecule has 0 saturated carbocycles. The summed E-state index contributed by atoms with van der Waals surface area (Å²) in [7, 11) is 0. The molecule has 3 rings (SSSR count). The van der Waals surface area contributed by atoms with Gasteiger partial charge in [0.15, 0.2) is 0 Å².